The second-order valence-electron chi connectivity index (χ2n) is 25.8. The number of phosphoric acid groups is 2. The fourth-order valence-electron chi connectivity index (χ4n) is 10.5. The molecule has 0 bridgehead atoms. The Balaban J connectivity index is 5.24. The first-order valence-corrected chi connectivity index (χ1v) is 39.9. The third-order valence-corrected chi connectivity index (χ3v) is 18.1. The quantitative estimate of drug-likeness (QED) is 0.0169. The van der Waals surface area contributed by atoms with Gasteiger partial charge in [0.15, 0.2) is 12.2 Å². The number of rotatable bonds is 70. The van der Waals surface area contributed by atoms with E-state index in [0.717, 1.165) is 115 Å². The summed E-state index contributed by atoms with van der Waals surface area (Å²) in [5, 5.41) is 10.6. The Labute approximate surface area is 554 Å². The molecule has 536 valence electrons. The molecule has 0 rings (SSSR count). The van der Waals surface area contributed by atoms with E-state index in [9.17, 15) is 43.2 Å². The number of ether oxygens (including phenoxy) is 4. The van der Waals surface area contributed by atoms with Gasteiger partial charge in [-0.25, -0.2) is 9.13 Å². The van der Waals surface area contributed by atoms with Gasteiger partial charge in [-0.2, -0.15) is 0 Å². The van der Waals surface area contributed by atoms with Gasteiger partial charge in [-0.3, -0.25) is 37.3 Å². The van der Waals surface area contributed by atoms with Gasteiger partial charge < -0.3 is 33.8 Å². The molecule has 17 nitrogen and oxygen atoms in total. The Morgan fingerprint density at radius 3 is 0.901 bits per heavy atom. The average molecular weight is 1340 g/mol. The minimum Gasteiger partial charge on any atom is -0.462 e. The number of phosphoric ester groups is 2. The van der Waals surface area contributed by atoms with Crippen molar-refractivity contribution < 1.29 is 80.2 Å². The zero-order valence-corrected chi connectivity index (χ0v) is 60.3. The second kappa shape index (κ2) is 64.9. The highest BCUT2D eigenvalue weighted by molar-refractivity contribution is 7.47. The predicted molar refractivity (Wildman–Crippen MR) is 368 cm³/mol. The molecule has 0 fully saturated rings. The Morgan fingerprint density at radius 1 is 0.341 bits per heavy atom. The lowest BCUT2D eigenvalue weighted by atomic mass is 10.0. The lowest BCUT2D eigenvalue weighted by Crippen LogP contribution is -2.30. The zero-order valence-electron chi connectivity index (χ0n) is 58.5. The fourth-order valence-corrected chi connectivity index (χ4v) is 12.0. The van der Waals surface area contributed by atoms with E-state index in [0.29, 0.717) is 25.7 Å². The molecule has 19 heteroatoms. The van der Waals surface area contributed by atoms with Crippen LogP contribution in [-0.4, -0.2) is 96.7 Å². The van der Waals surface area contributed by atoms with E-state index in [2.05, 4.69) is 58.9 Å². The van der Waals surface area contributed by atoms with Crippen LogP contribution in [0.15, 0.2) is 24.3 Å². The normalized spacial score (nSPS) is 14.2. The summed E-state index contributed by atoms with van der Waals surface area (Å²) in [5.41, 5.74) is 0. The molecular formula is C72H136O17P2. The van der Waals surface area contributed by atoms with Crippen molar-refractivity contribution in [2.24, 2.45) is 5.92 Å². The summed E-state index contributed by atoms with van der Waals surface area (Å²) in [6, 6.07) is 0. The first kappa shape index (κ1) is 88.5. The van der Waals surface area contributed by atoms with Crippen molar-refractivity contribution in [2.75, 3.05) is 39.6 Å². The molecule has 3 N–H and O–H groups in total. The average Bonchev–Trinajstić information content (AvgIpc) is 3.36. The molecule has 5 atom stereocenters. The monoisotopic (exact) mass is 1330 g/mol. The highest BCUT2D eigenvalue weighted by Gasteiger charge is 2.30. The van der Waals surface area contributed by atoms with Crippen molar-refractivity contribution in [3.8, 4) is 0 Å². The van der Waals surface area contributed by atoms with Crippen molar-refractivity contribution in [3.05, 3.63) is 24.3 Å². The maximum Gasteiger partial charge on any atom is 0.472 e. The summed E-state index contributed by atoms with van der Waals surface area (Å²) in [6.07, 6.45) is 54.9. The van der Waals surface area contributed by atoms with Gasteiger partial charge in [0.1, 0.15) is 19.3 Å². The Bertz CT molecular complexity index is 1850. The number of hydrogen-bond donors (Lipinski definition) is 3. The number of esters is 4. The first-order chi connectivity index (χ1) is 44.0. The van der Waals surface area contributed by atoms with Crippen molar-refractivity contribution in [3.63, 3.8) is 0 Å². The summed E-state index contributed by atoms with van der Waals surface area (Å²) in [5.74, 6) is -1.35. The van der Waals surface area contributed by atoms with Gasteiger partial charge in [-0.05, 0) is 57.3 Å². The predicted octanol–water partition coefficient (Wildman–Crippen LogP) is 20.5. The number of unbranched alkanes of at least 4 members (excludes halogenated alkanes) is 39. The van der Waals surface area contributed by atoms with E-state index in [1.807, 2.05) is 0 Å². The summed E-state index contributed by atoms with van der Waals surface area (Å²) in [6.45, 7) is 7.18. The molecule has 0 saturated heterocycles. The molecule has 91 heavy (non-hydrogen) atoms. The first-order valence-electron chi connectivity index (χ1n) is 37.0. The molecule has 0 spiro atoms. The van der Waals surface area contributed by atoms with E-state index >= 15 is 0 Å². The van der Waals surface area contributed by atoms with Gasteiger partial charge in [0.05, 0.1) is 26.4 Å². The lowest BCUT2D eigenvalue weighted by Gasteiger charge is -2.21. The van der Waals surface area contributed by atoms with Crippen LogP contribution in [0.4, 0.5) is 0 Å². The van der Waals surface area contributed by atoms with Crippen LogP contribution in [0.5, 0.6) is 0 Å². The molecule has 0 aliphatic carbocycles. The smallest absolute Gasteiger partial charge is 0.462 e. The van der Waals surface area contributed by atoms with Gasteiger partial charge >= 0.3 is 39.5 Å². The number of aliphatic hydroxyl groups excluding tert-OH is 1. The molecule has 0 aliphatic heterocycles. The van der Waals surface area contributed by atoms with Crippen LogP contribution in [0.2, 0.25) is 0 Å². The largest absolute Gasteiger partial charge is 0.472 e. The number of carbonyl (C=O) groups is 4. The highest BCUT2D eigenvalue weighted by Crippen LogP contribution is 2.45. The minimum absolute atomic E-state index is 0.101. The fraction of sp³-hybridized carbons (Fsp3) is 0.889. The standard InChI is InChI=1S/C72H136O17P2/c1-6-9-12-15-18-21-22-23-25-29-32-37-41-46-51-56-70(75)83-62-68(89-72(77)58-53-48-43-38-33-30-27-24-26-28-31-36-39-44-49-54-65(4)5)64-87-91(80,81)85-60-66(73)59-84-90(78,79)86-63-67(88-71(76)57-52-47-42-35-20-17-14-11-8-3)61-82-69(74)55-50-45-40-34-19-16-13-10-7-2/h21-23,25,65-68,73H,6-20,24,26-64H2,1-5H3,(H,78,79)(H,80,81)/b22-21-,25-23-/t66-,67+,68+/m0/s1. The van der Waals surface area contributed by atoms with Gasteiger partial charge in [0.25, 0.3) is 0 Å². The molecule has 2 unspecified atom stereocenters. The second-order valence-corrected chi connectivity index (χ2v) is 28.7. The van der Waals surface area contributed by atoms with E-state index < -0.39 is 97.5 Å². The maximum atomic E-state index is 13.0. The van der Waals surface area contributed by atoms with Crippen LogP contribution < -0.4 is 0 Å². The van der Waals surface area contributed by atoms with Crippen molar-refractivity contribution in [1.29, 1.82) is 0 Å². The van der Waals surface area contributed by atoms with Crippen LogP contribution in [0.1, 0.15) is 349 Å². The molecule has 0 aromatic rings. The van der Waals surface area contributed by atoms with Crippen LogP contribution in [0, 0.1) is 5.92 Å². The number of carbonyl (C=O) groups excluding carboxylic acids is 4. The molecule has 0 radical (unpaired) electrons. The minimum atomic E-state index is -4.96. The number of aliphatic hydroxyl groups is 1. The Kier molecular flexibility index (Phi) is 63.1. The topological polar surface area (TPSA) is 237 Å². The third-order valence-electron chi connectivity index (χ3n) is 16.2. The molecule has 0 amide bonds. The molecule has 0 aliphatic rings. The van der Waals surface area contributed by atoms with Gasteiger partial charge in [-0.15, -0.1) is 0 Å². The maximum absolute atomic E-state index is 13.0. The van der Waals surface area contributed by atoms with E-state index in [1.165, 1.54) is 154 Å². The van der Waals surface area contributed by atoms with E-state index in [1.54, 1.807) is 0 Å². The van der Waals surface area contributed by atoms with Crippen molar-refractivity contribution in [2.45, 2.75) is 368 Å². The number of allylic oxidation sites excluding steroid dienone is 4. The summed E-state index contributed by atoms with van der Waals surface area (Å²) < 4.78 is 68.2. The zero-order chi connectivity index (χ0) is 67.0. The van der Waals surface area contributed by atoms with Crippen LogP contribution >= 0.6 is 15.6 Å². The lowest BCUT2D eigenvalue weighted by molar-refractivity contribution is -0.161. The van der Waals surface area contributed by atoms with Gasteiger partial charge in [0, 0.05) is 25.7 Å². The van der Waals surface area contributed by atoms with E-state index in [-0.39, 0.29) is 25.7 Å². The van der Waals surface area contributed by atoms with E-state index in [4.69, 9.17) is 37.0 Å². The molecule has 0 aromatic carbocycles. The summed E-state index contributed by atoms with van der Waals surface area (Å²) in [7, 11) is -9.91. The Hall–Kier alpha value is -2.46. The van der Waals surface area contributed by atoms with Crippen LogP contribution in [-0.2, 0) is 65.4 Å². The highest BCUT2D eigenvalue weighted by atomic mass is 31.2. The van der Waals surface area contributed by atoms with Gasteiger partial charge in [0.2, 0.25) is 0 Å². The molecule has 0 aromatic heterocycles. The van der Waals surface area contributed by atoms with Crippen LogP contribution in [0.3, 0.4) is 0 Å². The molecular weight excluding hydrogens is 1200 g/mol. The summed E-state index contributed by atoms with van der Waals surface area (Å²) in [4.78, 5) is 72.5. The summed E-state index contributed by atoms with van der Waals surface area (Å²) >= 11 is 0. The third kappa shape index (κ3) is 66.0. The van der Waals surface area contributed by atoms with Crippen LogP contribution in [0.25, 0.3) is 0 Å². The van der Waals surface area contributed by atoms with Crippen molar-refractivity contribution >= 4 is 39.5 Å². The molecule has 0 heterocycles. The molecule has 0 saturated carbocycles. The van der Waals surface area contributed by atoms with Gasteiger partial charge in [-0.1, -0.05) is 296 Å². The van der Waals surface area contributed by atoms with Crippen molar-refractivity contribution in [1.82, 2.24) is 0 Å². The SMILES string of the molecule is CCCCCC/C=C\C=C/CCCCCCCC(=O)OC[C@H](COP(=O)(O)OC[C@@H](O)COP(=O)(O)OC[C@@H](COC(=O)CCCCCCCCCCC)OC(=O)CCCCCCCCCCC)OC(=O)CCCCCCCCCCCCCCCCCC(C)C. The number of hydrogen-bond acceptors (Lipinski definition) is 15. The Morgan fingerprint density at radius 2 is 0.593 bits per heavy atom.